The molecule has 0 radical (unpaired) electrons. The van der Waals surface area contributed by atoms with Gasteiger partial charge in [0.15, 0.2) is 11.4 Å². The number of rotatable bonds is 2. The number of hydrogen-bond donors (Lipinski definition) is 0. The Hall–Kier alpha value is -1.98. The number of benzene rings is 1. The standard InChI is InChI=1S/C10H7F2NO3/c1-5(14)6-2-3-7-8(4-6)16-10(15)13(7)9(11)12/h2-4,9H,1H3. The van der Waals surface area contributed by atoms with Crippen molar-refractivity contribution < 1.29 is 18.0 Å². The zero-order chi connectivity index (χ0) is 11.9. The van der Waals surface area contributed by atoms with Gasteiger partial charge in [0.1, 0.15) is 0 Å². The Morgan fingerprint density at radius 2 is 2.12 bits per heavy atom. The summed E-state index contributed by atoms with van der Waals surface area (Å²) in [6.07, 6.45) is 0. The van der Waals surface area contributed by atoms with Crippen molar-refractivity contribution in [2.24, 2.45) is 0 Å². The van der Waals surface area contributed by atoms with Crippen molar-refractivity contribution in [1.82, 2.24) is 4.57 Å². The van der Waals surface area contributed by atoms with Crippen LogP contribution in [0.15, 0.2) is 27.4 Å². The highest BCUT2D eigenvalue weighted by molar-refractivity contribution is 5.96. The van der Waals surface area contributed by atoms with E-state index in [2.05, 4.69) is 4.42 Å². The maximum Gasteiger partial charge on any atom is 0.424 e. The van der Waals surface area contributed by atoms with Crippen molar-refractivity contribution in [1.29, 1.82) is 0 Å². The number of fused-ring (bicyclic) bond motifs is 1. The van der Waals surface area contributed by atoms with Gasteiger partial charge < -0.3 is 4.42 Å². The fraction of sp³-hybridized carbons (Fsp3) is 0.200. The highest BCUT2D eigenvalue weighted by Gasteiger charge is 2.17. The first-order chi connectivity index (χ1) is 7.50. The molecular weight excluding hydrogens is 220 g/mol. The predicted molar refractivity (Wildman–Crippen MR) is 51.7 cm³/mol. The Morgan fingerprint density at radius 1 is 1.44 bits per heavy atom. The van der Waals surface area contributed by atoms with E-state index in [1.165, 1.54) is 25.1 Å². The molecule has 0 aliphatic heterocycles. The van der Waals surface area contributed by atoms with Crippen LogP contribution in [0.5, 0.6) is 0 Å². The maximum atomic E-state index is 12.5. The highest BCUT2D eigenvalue weighted by atomic mass is 19.3. The zero-order valence-corrected chi connectivity index (χ0v) is 8.24. The Labute approximate surface area is 88.1 Å². The van der Waals surface area contributed by atoms with Gasteiger partial charge in [0.25, 0.3) is 0 Å². The van der Waals surface area contributed by atoms with Gasteiger partial charge in [-0.05, 0) is 25.1 Å². The summed E-state index contributed by atoms with van der Waals surface area (Å²) in [6.45, 7) is -1.62. The Balaban J connectivity index is 2.75. The Bertz CT molecular complexity index is 612. The molecule has 0 aliphatic rings. The van der Waals surface area contributed by atoms with Crippen molar-refractivity contribution in [3.63, 3.8) is 0 Å². The van der Waals surface area contributed by atoms with Crippen molar-refractivity contribution in [2.45, 2.75) is 13.5 Å². The summed E-state index contributed by atoms with van der Waals surface area (Å²) in [7, 11) is 0. The number of aromatic nitrogens is 1. The molecule has 1 aromatic heterocycles. The topological polar surface area (TPSA) is 52.2 Å². The van der Waals surface area contributed by atoms with Crippen LogP contribution in [0.25, 0.3) is 11.1 Å². The molecule has 1 heterocycles. The fourth-order valence-corrected chi connectivity index (χ4v) is 1.44. The molecule has 0 aliphatic carbocycles. The van der Waals surface area contributed by atoms with Crippen LogP contribution in [0, 0.1) is 0 Å². The number of nitrogens with zero attached hydrogens (tertiary/aromatic N) is 1. The predicted octanol–water partition coefficient (Wildman–Crippen LogP) is 2.19. The number of halogens is 2. The van der Waals surface area contributed by atoms with E-state index in [1.54, 1.807) is 0 Å². The number of carbonyl (C=O) groups excluding carboxylic acids is 1. The van der Waals surface area contributed by atoms with Crippen LogP contribution in [-0.4, -0.2) is 10.4 Å². The number of hydrogen-bond acceptors (Lipinski definition) is 3. The second kappa shape index (κ2) is 3.55. The Morgan fingerprint density at radius 3 is 2.69 bits per heavy atom. The van der Waals surface area contributed by atoms with E-state index in [0.717, 1.165) is 0 Å². The largest absolute Gasteiger partial charge is 0.424 e. The van der Waals surface area contributed by atoms with Crippen molar-refractivity contribution in [3.8, 4) is 0 Å². The molecule has 16 heavy (non-hydrogen) atoms. The number of alkyl halides is 2. The van der Waals surface area contributed by atoms with E-state index in [4.69, 9.17) is 0 Å². The van der Waals surface area contributed by atoms with Crippen LogP contribution in [0.2, 0.25) is 0 Å². The molecule has 0 saturated carbocycles. The first-order valence-electron chi connectivity index (χ1n) is 4.45. The average Bonchev–Trinajstić information content (AvgIpc) is 2.51. The number of Topliss-reactive ketones (excluding diaryl/α,β-unsaturated/α-hetero) is 1. The smallest absolute Gasteiger partial charge is 0.408 e. The molecule has 0 atom stereocenters. The van der Waals surface area contributed by atoms with Crippen LogP contribution in [-0.2, 0) is 0 Å². The molecular formula is C10H7F2NO3. The lowest BCUT2D eigenvalue weighted by Crippen LogP contribution is -2.14. The molecule has 2 rings (SSSR count). The summed E-state index contributed by atoms with van der Waals surface area (Å²) in [4.78, 5) is 22.1. The first-order valence-corrected chi connectivity index (χ1v) is 4.45. The van der Waals surface area contributed by atoms with Gasteiger partial charge in [-0.1, -0.05) is 0 Å². The molecule has 0 amide bonds. The number of ketones is 1. The number of oxazole rings is 1. The third-order valence-electron chi connectivity index (χ3n) is 2.22. The quantitative estimate of drug-likeness (QED) is 0.739. The normalized spacial score (nSPS) is 11.2. The number of carbonyl (C=O) groups is 1. The molecule has 0 unspecified atom stereocenters. The van der Waals surface area contributed by atoms with Gasteiger partial charge in [0.05, 0.1) is 5.52 Å². The molecule has 2 aromatic rings. The summed E-state index contributed by atoms with van der Waals surface area (Å²) in [5.74, 6) is -1.36. The summed E-state index contributed by atoms with van der Waals surface area (Å²) in [6, 6.07) is 3.92. The van der Waals surface area contributed by atoms with Gasteiger partial charge in [-0.2, -0.15) is 8.78 Å². The third-order valence-corrected chi connectivity index (χ3v) is 2.22. The molecule has 4 nitrogen and oxygen atoms in total. The van der Waals surface area contributed by atoms with Gasteiger partial charge in [0, 0.05) is 5.56 Å². The van der Waals surface area contributed by atoms with E-state index < -0.39 is 12.3 Å². The van der Waals surface area contributed by atoms with Crippen LogP contribution >= 0.6 is 0 Å². The maximum absolute atomic E-state index is 12.5. The van der Waals surface area contributed by atoms with Crippen molar-refractivity contribution in [3.05, 3.63) is 34.3 Å². The van der Waals surface area contributed by atoms with Crippen LogP contribution in [0.3, 0.4) is 0 Å². The second-order valence-corrected chi connectivity index (χ2v) is 3.25. The molecule has 0 bridgehead atoms. The second-order valence-electron chi connectivity index (χ2n) is 3.25. The average molecular weight is 227 g/mol. The van der Waals surface area contributed by atoms with E-state index in [9.17, 15) is 18.4 Å². The molecule has 0 N–H and O–H groups in total. The van der Waals surface area contributed by atoms with E-state index in [0.29, 0.717) is 5.56 Å². The first kappa shape index (κ1) is 10.5. The SMILES string of the molecule is CC(=O)c1ccc2c(c1)oc(=O)n2C(F)F. The molecule has 0 saturated heterocycles. The zero-order valence-electron chi connectivity index (χ0n) is 8.24. The summed E-state index contributed by atoms with van der Waals surface area (Å²) in [5.41, 5.74) is 0.269. The summed E-state index contributed by atoms with van der Waals surface area (Å²) >= 11 is 0. The molecule has 0 fully saturated rings. The third kappa shape index (κ3) is 1.52. The van der Waals surface area contributed by atoms with E-state index in [-0.39, 0.29) is 21.5 Å². The fourth-order valence-electron chi connectivity index (χ4n) is 1.44. The van der Waals surface area contributed by atoms with Crippen LogP contribution < -0.4 is 5.76 Å². The minimum atomic E-state index is -2.96. The Kier molecular flexibility index (Phi) is 2.34. The van der Waals surface area contributed by atoms with E-state index >= 15 is 0 Å². The van der Waals surface area contributed by atoms with Crippen molar-refractivity contribution >= 4 is 16.9 Å². The molecule has 84 valence electrons. The molecule has 0 spiro atoms. The minimum Gasteiger partial charge on any atom is -0.408 e. The minimum absolute atomic E-state index is 0.0157. The van der Waals surface area contributed by atoms with Crippen LogP contribution in [0.1, 0.15) is 23.8 Å². The lowest BCUT2D eigenvalue weighted by molar-refractivity contribution is 0.0670. The van der Waals surface area contributed by atoms with E-state index in [1.807, 2.05) is 0 Å². The van der Waals surface area contributed by atoms with Gasteiger partial charge in [0.2, 0.25) is 0 Å². The summed E-state index contributed by atoms with van der Waals surface area (Å²) in [5, 5.41) is 0. The van der Waals surface area contributed by atoms with Crippen LogP contribution in [0.4, 0.5) is 8.78 Å². The van der Waals surface area contributed by atoms with Gasteiger partial charge in [-0.25, -0.2) is 9.36 Å². The molecule has 6 heteroatoms. The summed E-state index contributed by atoms with van der Waals surface area (Å²) < 4.78 is 29.8. The van der Waals surface area contributed by atoms with Gasteiger partial charge in [-0.3, -0.25) is 4.79 Å². The lowest BCUT2D eigenvalue weighted by atomic mass is 10.1. The highest BCUT2D eigenvalue weighted by Crippen LogP contribution is 2.20. The lowest BCUT2D eigenvalue weighted by Gasteiger charge is -1.99. The monoisotopic (exact) mass is 227 g/mol. The molecule has 1 aromatic carbocycles. The van der Waals surface area contributed by atoms with Gasteiger partial charge >= 0.3 is 12.3 Å². The van der Waals surface area contributed by atoms with Crippen molar-refractivity contribution in [2.75, 3.05) is 0 Å². The van der Waals surface area contributed by atoms with Gasteiger partial charge in [-0.15, -0.1) is 0 Å².